The summed E-state index contributed by atoms with van der Waals surface area (Å²) in [5, 5.41) is 9.56. The lowest BCUT2D eigenvalue weighted by molar-refractivity contribution is 0.0474. The van der Waals surface area contributed by atoms with Gasteiger partial charge in [-0.15, -0.1) is 4.68 Å². The van der Waals surface area contributed by atoms with Gasteiger partial charge in [-0.05, 0) is 73.5 Å². The Morgan fingerprint density at radius 3 is 2.27 bits per heavy atom. The van der Waals surface area contributed by atoms with E-state index >= 15 is 0 Å². The average molecular weight is 609 g/mol. The highest BCUT2D eigenvalue weighted by molar-refractivity contribution is 6.02. The molecule has 0 fully saturated rings. The molecular weight excluding hydrogens is 578 g/mol. The van der Waals surface area contributed by atoms with Crippen molar-refractivity contribution in [3.8, 4) is 5.69 Å². The number of aromatic nitrogens is 4. The first kappa shape index (κ1) is 31.5. The third kappa shape index (κ3) is 7.32. The van der Waals surface area contributed by atoms with E-state index in [0.29, 0.717) is 15.8 Å². The number of para-hydroxylation sites is 1. The zero-order chi connectivity index (χ0) is 32.0. The van der Waals surface area contributed by atoms with Crippen LogP contribution in [0.5, 0.6) is 0 Å². The smallest absolute Gasteiger partial charge is 0.412 e. The van der Waals surface area contributed by atoms with Crippen LogP contribution < -0.4 is 15.9 Å². The lowest BCUT2D eigenvalue weighted by atomic mass is 10.1. The van der Waals surface area contributed by atoms with E-state index in [1.165, 1.54) is 18.2 Å². The van der Waals surface area contributed by atoms with Crippen molar-refractivity contribution in [2.75, 3.05) is 16.8 Å². The first-order valence-electron chi connectivity index (χ1n) is 13.6. The van der Waals surface area contributed by atoms with Gasteiger partial charge in [0.1, 0.15) is 17.9 Å². The van der Waals surface area contributed by atoms with Crippen LogP contribution in [0.2, 0.25) is 0 Å². The van der Waals surface area contributed by atoms with Crippen LogP contribution in [-0.4, -0.2) is 50.0 Å². The molecule has 2 amide bonds. The molecule has 4 rings (SSSR count). The number of carbonyl (C=O) groups excluding carboxylic acids is 3. The molecule has 0 unspecified atom stereocenters. The monoisotopic (exact) mass is 608 g/mol. The van der Waals surface area contributed by atoms with Crippen LogP contribution in [0, 0.1) is 11.6 Å². The second kappa shape index (κ2) is 13.3. The Kier molecular flexibility index (Phi) is 9.51. The molecule has 12 nitrogen and oxygen atoms in total. The van der Waals surface area contributed by atoms with E-state index in [9.17, 15) is 28.0 Å². The van der Waals surface area contributed by atoms with E-state index in [1.54, 1.807) is 52.0 Å². The maximum atomic E-state index is 14.3. The zero-order valence-electron chi connectivity index (χ0n) is 24.4. The Morgan fingerprint density at radius 1 is 0.955 bits per heavy atom. The van der Waals surface area contributed by atoms with Crippen LogP contribution in [0.15, 0.2) is 71.5 Å². The highest BCUT2D eigenvalue weighted by Crippen LogP contribution is 2.26. The van der Waals surface area contributed by atoms with E-state index in [4.69, 9.17) is 9.47 Å². The van der Waals surface area contributed by atoms with Gasteiger partial charge in [-0.3, -0.25) is 10.2 Å². The molecule has 0 aliphatic heterocycles. The van der Waals surface area contributed by atoms with Crippen molar-refractivity contribution < 1.29 is 32.6 Å². The standard InChI is InChI=1S/C30H30F2N6O6/c1-5-16-36(28(41)38-29(42)37(34-35-38)25-22(31)12-9-13-23(25)32)20-14-15-24(33-27(40)44-30(2,3)4)21(17-20)26(39)43-18-19-10-7-6-8-11-19/h6-15,17H,5,16,18H2,1-4H3,(H,33,40). The Bertz CT molecular complexity index is 1710. The maximum absolute atomic E-state index is 14.3. The Balaban J connectivity index is 1.71. The number of hydrogen-bond donors (Lipinski definition) is 1. The molecular formula is C30H30F2N6O6. The van der Waals surface area contributed by atoms with Crippen molar-refractivity contribution in [1.82, 2.24) is 19.8 Å². The topological polar surface area (TPSA) is 138 Å². The molecule has 1 N–H and O–H groups in total. The van der Waals surface area contributed by atoms with Crippen LogP contribution in [0.4, 0.5) is 29.7 Å². The number of carbonyl (C=O) groups is 3. The number of ether oxygens (including phenoxy) is 2. The molecule has 3 aromatic carbocycles. The van der Waals surface area contributed by atoms with Crippen molar-refractivity contribution in [2.45, 2.75) is 46.3 Å². The van der Waals surface area contributed by atoms with Gasteiger partial charge in [0.05, 0.1) is 11.3 Å². The van der Waals surface area contributed by atoms with Crippen molar-refractivity contribution in [1.29, 1.82) is 0 Å². The Labute approximate surface area is 250 Å². The minimum atomic E-state index is -1.22. The molecule has 0 radical (unpaired) electrons. The summed E-state index contributed by atoms with van der Waals surface area (Å²) in [6, 6.07) is 15.0. The summed E-state index contributed by atoms with van der Waals surface area (Å²) in [4.78, 5) is 53.5. The average Bonchev–Trinajstić information content (AvgIpc) is 3.34. The fraction of sp³-hybridized carbons (Fsp3) is 0.267. The van der Waals surface area contributed by atoms with Crippen molar-refractivity contribution in [2.24, 2.45) is 0 Å². The van der Waals surface area contributed by atoms with E-state index in [-0.39, 0.29) is 30.1 Å². The molecule has 0 atom stereocenters. The summed E-state index contributed by atoms with van der Waals surface area (Å²) < 4.78 is 40.1. The summed E-state index contributed by atoms with van der Waals surface area (Å²) in [6.45, 7) is 6.77. The highest BCUT2D eigenvalue weighted by atomic mass is 19.1. The molecule has 0 saturated carbocycles. The molecule has 4 aromatic rings. The number of rotatable bonds is 8. The van der Waals surface area contributed by atoms with Crippen LogP contribution >= 0.6 is 0 Å². The minimum absolute atomic E-state index is 0.0445. The first-order valence-corrected chi connectivity index (χ1v) is 13.6. The number of nitrogens with zero attached hydrogens (tertiary/aromatic N) is 5. The molecule has 44 heavy (non-hydrogen) atoms. The number of amides is 2. The van der Waals surface area contributed by atoms with Crippen LogP contribution in [0.1, 0.15) is 50.0 Å². The SMILES string of the molecule is CCCN(C(=O)n1nnn(-c2c(F)cccc2F)c1=O)c1ccc(NC(=O)OC(C)(C)C)c(C(=O)OCc2ccccc2)c1. The summed E-state index contributed by atoms with van der Waals surface area (Å²) in [7, 11) is 0. The number of benzene rings is 3. The van der Waals surface area contributed by atoms with Gasteiger partial charge in [-0.2, -0.15) is 4.68 Å². The van der Waals surface area contributed by atoms with E-state index in [0.717, 1.165) is 28.7 Å². The second-order valence-electron chi connectivity index (χ2n) is 10.5. The van der Waals surface area contributed by atoms with E-state index in [2.05, 4.69) is 15.7 Å². The second-order valence-corrected chi connectivity index (χ2v) is 10.5. The zero-order valence-corrected chi connectivity index (χ0v) is 24.4. The summed E-state index contributed by atoms with van der Waals surface area (Å²) >= 11 is 0. The number of halogens is 2. The van der Waals surface area contributed by atoms with Gasteiger partial charge < -0.3 is 9.47 Å². The lowest BCUT2D eigenvalue weighted by Crippen LogP contribution is -2.41. The minimum Gasteiger partial charge on any atom is -0.457 e. The molecule has 0 bridgehead atoms. The molecule has 230 valence electrons. The number of tetrazole rings is 1. The third-order valence-electron chi connectivity index (χ3n) is 5.97. The van der Waals surface area contributed by atoms with Gasteiger partial charge in [-0.25, -0.2) is 28.0 Å². The van der Waals surface area contributed by atoms with Gasteiger partial charge in [0.25, 0.3) is 0 Å². The van der Waals surface area contributed by atoms with E-state index in [1.807, 2.05) is 6.07 Å². The molecule has 14 heteroatoms. The summed E-state index contributed by atoms with van der Waals surface area (Å²) in [5.41, 5.74) is -2.04. The molecule has 0 aliphatic rings. The molecule has 0 saturated heterocycles. The predicted molar refractivity (Wildman–Crippen MR) is 156 cm³/mol. The van der Waals surface area contributed by atoms with Gasteiger partial charge in [0.2, 0.25) is 0 Å². The summed E-state index contributed by atoms with van der Waals surface area (Å²) in [5.74, 6) is -2.98. The van der Waals surface area contributed by atoms with Crippen LogP contribution in [0.3, 0.4) is 0 Å². The quantitative estimate of drug-likeness (QED) is 0.210. The van der Waals surface area contributed by atoms with Gasteiger partial charge in [0.15, 0.2) is 11.6 Å². The normalized spacial score (nSPS) is 11.1. The van der Waals surface area contributed by atoms with Gasteiger partial charge in [-0.1, -0.05) is 43.3 Å². The molecule has 1 aromatic heterocycles. The molecule has 0 spiro atoms. The fourth-order valence-corrected chi connectivity index (χ4v) is 4.06. The van der Waals surface area contributed by atoms with Gasteiger partial charge in [0, 0.05) is 12.2 Å². The predicted octanol–water partition coefficient (Wildman–Crippen LogP) is 5.30. The number of anilines is 2. The third-order valence-corrected chi connectivity index (χ3v) is 5.97. The number of esters is 1. The maximum Gasteiger partial charge on any atom is 0.412 e. The van der Waals surface area contributed by atoms with Crippen LogP contribution in [-0.2, 0) is 16.1 Å². The fourth-order valence-electron chi connectivity index (χ4n) is 4.06. The Hall–Kier alpha value is -5.40. The number of hydrogen-bond acceptors (Lipinski definition) is 8. The van der Waals surface area contributed by atoms with Crippen molar-refractivity contribution in [3.05, 3.63) is 100.0 Å². The van der Waals surface area contributed by atoms with E-state index < -0.39 is 46.7 Å². The molecule has 0 aliphatic carbocycles. The summed E-state index contributed by atoms with van der Waals surface area (Å²) in [6.07, 6.45) is -0.421. The first-order chi connectivity index (χ1) is 20.9. The van der Waals surface area contributed by atoms with Gasteiger partial charge >= 0.3 is 23.8 Å². The van der Waals surface area contributed by atoms with Crippen molar-refractivity contribution >= 4 is 29.5 Å². The number of nitrogens with one attached hydrogen (secondary N) is 1. The molecule has 1 heterocycles. The highest BCUT2D eigenvalue weighted by Gasteiger charge is 2.27. The van der Waals surface area contributed by atoms with Crippen LogP contribution in [0.25, 0.3) is 5.69 Å². The lowest BCUT2D eigenvalue weighted by Gasteiger charge is -2.23. The largest absolute Gasteiger partial charge is 0.457 e. The Morgan fingerprint density at radius 2 is 1.64 bits per heavy atom. The van der Waals surface area contributed by atoms with Crippen molar-refractivity contribution in [3.63, 3.8) is 0 Å².